The molecule has 0 heterocycles. The van der Waals surface area contributed by atoms with Gasteiger partial charge in [0.15, 0.2) is 0 Å². The molecule has 0 spiro atoms. The predicted octanol–water partition coefficient (Wildman–Crippen LogP) is 1.49. The van der Waals surface area contributed by atoms with E-state index in [9.17, 15) is 18.0 Å². The first kappa shape index (κ1) is 21.1. The standard InChI is InChI=1S/C17H26N2O5S/c1-9-10(2)12(4)16(13(5)11(9)3)25(23,24)18-8-7-15(20)19-14(6)17(21)22/h14,18H,7-8H2,1-6H3,(H,19,20)(H,21,22). The average Bonchev–Trinajstić information content (AvgIpc) is 2.50. The number of benzene rings is 1. The van der Waals surface area contributed by atoms with E-state index >= 15 is 0 Å². The maximum absolute atomic E-state index is 12.7. The lowest BCUT2D eigenvalue weighted by molar-refractivity contribution is -0.141. The van der Waals surface area contributed by atoms with Crippen molar-refractivity contribution in [1.82, 2.24) is 10.0 Å². The minimum Gasteiger partial charge on any atom is -0.480 e. The molecule has 0 radical (unpaired) electrons. The third kappa shape index (κ3) is 4.79. The number of nitrogens with one attached hydrogen (secondary N) is 2. The zero-order chi connectivity index (χ0) is 19.5. The molecule has 0 aliphatic heterocycles. The Morgan fingerprint density at radius 2 is 1.40 bits per heavy atom. The second-order valence-corrected chi connectivity index (χ2v) is 7.93. The second-order valence-electron chi connectivity index (χ2n) is 6.23. The summed E-state index contributed by atoms with van der Waals surface area (Å²) in [7, 11) is -3.77. The lowest BCUT2D eigenvalue weighted by Gasteiger charge is -2.19. The van der Waals surface area contributed by atoms with E-state index < -0.39 is 27.9 Å². The fourth-order valence-corrected chi connectivity index (χ4v) is 4.24. The van der Waals surface area contributed by atoms with Crippen molar-refractivity contribution in [2.45, 2.75) is 58.9 Å². The number of sulfonamides is 1. The van der Waals surface area contributed by atoms with Gasteiger partial charge >= 0.3 is 5.97 Å². The molecule has 7 nitrogen and oxygen atoms in total. The molecule has 1 unspecified atom stereocenters. The topological polar surface area (TPSA) is 113 Å². The van der Waals surface area contributed by atoms with E-state index in [0.717, 1.165) is 16.7 Å². The molecule has 8 heteroatoms. The normalized spacial score (nSPS) is 12.7. The van der Waals surface area contributed by atoms with Crippen LogP contribution in [0.15, 0.2) is 4.90 Å². The molecule has 1 rings (SSSR count). The minimum absolute atomic E-state index is 0.106. The van der Waals surface area contributed by atoms with E-state index in [-0.39, 0.29) is 17.9 Å². The van der Waals surface area contributed by atoms with Crippen molar-refractivity contribution in [3.05, 3.63) is 27.8 Å². The quantitative estimate of drug-likeness (QED) is 0.673. The first-order chi connectivity index (χ1) is 11.4. The molecule has 0 bridgehead atoms. The highest BCUT2D eigenvalue weighted by atomic mass is 32.2. The first-order valence-corrected chi connectivity index (χ1v) is 9.47. The number of carboxylic acid groups (broad SMARTS) is 1. The van der Waals surface area contributed by atoms with Crippen LogP contribution in [0.3, 0.4) is 0 Å². The molecular weight excluding hydrogens is 344 g/mol. The Morgan fingerprint density at radius 1 is 0.960 bits per heavy atom. The van der Waals surface area contributed by atoms with E-state index in [0.29, 0.717) is 11.1 Å². The fourth-order valence-electron chi connectivity index (χ4n) is 2.62. The predicted molar refractivity (Wildman–Crippen MR) is 95.2 cm³/mol. The summed E-state index contributed by atoms with van der Waals surface area (Å²) in [4.78, 5) is 22.6. The van der Waals surface area contributed by atoms with Gasteiger partial charge in [-0.3, -0.25) is 9.59 Å². The lowest BCUT2D eigenvalue weighted by atomic mass is 9.95. The van der Waals surface area contributed by atoms with Gasteiger partial charge in [-0.2, -0.15) is 0 Å². The maximum atomic E-state index is 12.7. The molecule has 1 aromatic rings. The van der Waals surface area contributed by atoms with Crippen LogP contribution in [0, 0.1) is 34.6 Å². The van der Waals surface area contributed by atoms with Crippen molar-refractivity contribution < 1.29 is 23.1 Å². The monoisotopic (exact) mass is 370 g/mol. The molecule has 3 N–H and O–H groups in total. The van der Waals surface area contributed by atoms with E-state index in [4.69, 9.17) is 5.11 Å². The Labute approximate surface area is 148 Å². The third-order valence-electron chi connectivity index (χ3n) is 4.59. The fraction of sp³-hybridized carbons (Fsp3) is 0.529. The summed E-state index contributed by atoms with van der Waals surface area (Å²) in [5.41, 5.74) is 4.30. The average molecular weight is 370 g/mol. The summed E-state index contributed by atoms with van der Waals surface area (Å²) in [6, 6.07) is -1.02. The number of carboxylic acids is 1. The van der Waals surface area contributed by atoms with Gasteiger partial charge in [-0.15, -0.1) is 0 Å². The van der Waals surface area contributed by atoms with Crippen LogP contribution in [0.5, 0.6) is 0 Å². The highest BCUT2D eigenvalue weighted by Crippen LogP contribution is 2.29. The summed E-state index contributed by atoms with van der Waals surface area (Å²) in [6.07, 6.45) is -0.140. The largest absolute Gasteiger partial charge is 0.480 e. The molecule has 0 aliphatic rings. The van der Waals surface area contributed by atoms with Gasteiger partial charge in [-0.25, -0.2) is 13.1 Å². The molecule has 0 saturated carbocycles. The summed E-state index contributed by atoms with van der Waals surface area (Å²) >= 11 is 0. The van der Waals surface area contributed by atoms with Crippen molar-refractivity contribution in [3.8, 4) is 0 Å². The third-order valence-corrected chi connectivity index (χ3v) is 6.33. The summed E-state index contributed by atoms with van der Waals surface area (Å²) in [5, 5.41) is 11.0. The Hall–Kier alpha value is -1.93. The van der Waals surface area contributed by atoms with Crippen LogP contribution >= 0.6 is 0 Å². The molecule has 0 aliphatic carbocycles. The van der Waals surface area contributed by atoms with Crippen LogP contribution in [-0.4, -0.2) is 38.0 Å². The Morgan fingerprint density at radius 3 is 1.84 bits per heavy atom. The molecule has 25 heavy (non-hydrogen) atoms. The van der Waals surface area contributed by atoms with Gasteiger partial charge < -0.3 is 10.4 Å². The Balaban J connectivity index is 2.91. The highest BCUT2D eigenvalue weighted by molar-refractivity contribution is 7.89. The maximum Gasteiger partial charge on any atom is 0.325 e. The van der Waals surface area contributed by atoms with Crippen LogP contribution in [-0.2, 0) is 19.6 Å². The lowest BCUT2D eigenvalue weighted by Crippen LogP contribution is -2.40. The number of carbonyl (C=O) groups is 2. The minimum atomic E-state index is -3.77. The molecule has 0 aromatic heterocycles. The van der Waals surface area contributed by atoms with Gasteiger partial charge in [-0.1, -0.05) is 0 Å². The number of amides is 1. The van der Waals surface area contributed by atoms with E-state index in [1.54, 1.807) is 13.8 Å². The number of carbonyl (C=O) groups excluding carboxylic acids is 1. The van der Waals surface area contributed by atoms with Crippen LogP contribution in [0.25, 0.3) is 0 Å². The second kappa shape index (κ2) is 7.97. The van der Waals surface area contributed by atoms with Gasteiger partial charge in [0.25, 0.3) is 0 Å². The van der Waals surface area contributed by atoms with Crippen molar-refractivity contribution in [3.63, 3.8) is 0 Å². The summed E-state index contributed by atoms with van der Waals surface area (Å²) in [5.74, 6) is -1.67. The number of aliphatic carboxylic acids is 1. The molecule has 1 aromatic carbocycles. The summed E-state index contributed by atoms with van der Waals surface area (Å²) in [6.45, 7) is 10.5. The molecule has 0 fully saturated rings. The van der Waals surface area contributed by atoms with E-state index in [1.807, 2.05) is 20.8 Å². The van der Waals surface area contributed by atoms with Crippen LogP contribution in [0.4, 0.5) is 0 Å². The van der Waals surface area contributed by atoms with Gasteiger partial charge in [0, 0.05) is 13.0 Å². The van der Waals surface area contributed by atoms with E-state index in [2.05, 4.69) is 10.0 Å². The van der Waals surface area contributed by atoms with Crippen molar-refractivity contribution in [2.75, 3.05) is 6.54 Å². The van der Waals surface area contributed by atoms with Crippen molar-refractivity contribution in [1.29, 1.82) is 0 Å². The number of rotatable bonds is 7. The zero-order valence-electron chi connectivity index (χ0n) is 15.5. The molecule has 1 amide bonds. The molecule has 1 atom stereocenters. The smallest absolute Gasteiger partial charge is 0.325 e. The molecule has 140 valence electrons. The SMILES string of the molecule is Cc1c(C)c(C)c(S(=O)(=O)NCCC(=O)NC(C)C(=O)O)c(C)c1C. The van der Waals surface area contributed by atoms with Crippen molar-refractivity contribution >= 4 is 21.9 Å². The van der Waals surface area contributed by atoms with Gasteiger partial charge in [-0.05, 0) is 69.4 Å². The summed E-state index contributed by atoms with van der Waals surface area (Å²) < 4.78 is 27.8. The Bertz CT molecular complexity index is 771. The van der Waals surface area contributed by atoms with Crippen LogP contribution in [0.2, 0.25) is 0 Å². The highest BCUT2D eigenvalue weighted by Gasteiger charge is 2.23. The number of hydrogen-bond donors (Lipinski definition) is 3. The van der Waals surface area contributed by atoms with Gasteiger partial charge in [0.1, 0.15) is 6.04 Å². The Kier molecular flexibility index (Phi) is 6.73. The molecule has 0 saturated heterocycles. The first-order valence-electron chi connectivity index (χ1n) is 7.99. The van der Waals surface area contributed by atoms with Gasteiger partial charge in [0.05, 0.1) is 4.90 Å². The molecular formula is C17H26N2O5S. The van der Waals surface area contributed by atoms with Crippen LogP contribution < -0.4 is 10.0 Å². The zero-order valence-corrected chi connectivity index (χ0v) is 16.3. The van der Waals surface area contributed by atoms with E-state index in [1.165, 1.54) is 6.92 Å². The van der Waals surface area contributed by atoms with Crippen LogP contribution in [0.1, 0.15) is 41.2 Å². The van der Waals surface area contributed by atoms with Gasteiger partial charge in [0.2, 0.25) is 15.9 Å². The number of hydrogen-bond acceptors (Lipinski definition) is 4. The van der Waals surface area contributed by atoms with Crippen molar-refractivity contribution in [2.24, 2.45) is 0 Å².